The number of ether oxygens (including phenoxy) is 1. The summed E-state index contributed by atoms with van der Waals surface area (Å²) in [6.07, 6.45) is 10.4. The standard InChI is InChI=1S/C22H30O3/c1-4-14-12-20-19-7-5-15-11-16(24)6-8-17(15)18(19)9-10-22(20,3)21(14)25-13(2)23/h11,14,19-21H,4-10,12H2,1-3H3/t14-,19+,20-,21-,22-/m0/s1. The molecule has 0 amide bonds. The van der Waals surface area contributed by atoms with Gasteiger partial charge in [-0.25, -0.2) is 0 Å². The van der Waals surface area contributed by atoms with Gasteiger partial charge in [0.05, 0.1) is 0 Å². The summed E-state index contributed by atoms with van der Waals surface area (Å²) in [5.74, 6) is 1.92. The Labute approximate surface area is 150 Å². The number of fused-ring (bicyclic) bond motifs is 4. The van der Waals surface area contributed by atoms with E-state index in [1.165, 1.54) is 24.0 Å². The van der Waals surface area contributed by atoms with Gasteiger partial charge in [-0.2, -0.15) is 0 Å². The smallest absolute Gasteiger partial charge is 0.302 e. The summed E-state index contributed by atoms with van der Waals surface area (Å²) in [5, 5.41) is 0. The average molecular weight is 342 g/mol. The van der Waals surface area contributed by atoms with Crippen molar-refractivity contribution in [3.8, 4) is 0 Å². The van der Waals surface area contributed by atoms with Gasteiger partial charge in [0.2, 0.25) is 0 Å². The van der Waals surface area contributed by atoms with Crippen LogP contribution in [0.5, 0.6) is 0 Å². The molecule has 0 aromatic heterocycles. The van der Waals surface area contributed by atoms with E-state index in [4.69, 9.17) is 4.74 Å². The molecule has 3 heteroatoms. The number of hydrogen-bond donors (Lipinski definition) is 0. The lowest BCUT2D eigenvalue weighted by molar-refractivity contribution is -0.156. The van der Waals surface area contributed by atoms with Crippen LogP contribution in [0.2, 0.25) is 0 Å². The second-order valence-corrected chi connectivity index (χ2v) is 8.83. The third-order valence-electron chi connectivity index (χ3n) is 7.62. The lowest BCUT2D eigenvalue weighted by atomic mass is 9.57. The summed E-state index contributed by atoms with van der Waals surface area (Å²) in [6.45, 7) is 6.16. The summed E-state index contributed by atoms with van der Waals surface area (Å²) in [6, 6.07) is 0. The number of allylic oxidation sites excluding steroid dienone is 4. The van der Waals surface area contributed by atoms with Crippen LogP contribution in [0.1, 0.15) is 72.1 Å². The molecule has 2 saturated carbocycles. The van der Waals surface area contributed by atoms with Crippen LogP contribution in [0.25, 0.3) is 0 Å². The van der Waals surface area contributed by atoms with E-state index in [1.807, 2.05) is 6.08 Å². The summed E-state index contributed by atoms with van der Waals surface area (Å²) in [7, 11) is 0. The van der Waals surface area contributed by atoms with E-state index in [2.05, 4.69) is 13.8 Å². The minimum absolute atomic E-state index is 0.0800. The van der Waals surface area contributed by atoms with Crippen LogP contribution >= 0.6 is 0 Å². The van der Waals surface area contributed by atoms with Crippen molar-refractivity contribution in [2.45, 2.75) is 78.2 Å². The largest absolute Gasteiger partial charge is 0.462 e. The Bertz CT molecular complexity index is 671. The zero-order valence-electron chi connectivity index (χ0n) is 15.8. The molecule has 136 valence electrons. The molecule has 0 aromatic carbocycles. The van der Waals surface area contributed by atoms with E-state index < -0.39 is 0 Å². The van der Waals surface area contributed by atoms with E-state index in [0.29, 0.717) is 30.0 Å². The predicted molar refractivity (Wildman–Crippen MR) is 96.9 cm³/mol. The molecule has 0 unspecified atom stereocenters. The van der Waals surface area contributed by atoms with Gasteiger partial charge >= 0.3 is 5.97 Å². The van der Waals surface area contributed by atoms with Crippen molar-refractivity contribution in [1.29, 1.82) is 0 Å². The van der Waals surface area contributed by atoms with Crippen molar-refractivity contribution in [2.75, 3.05) is 0 Å². The maximum atomic E-state index is 11.8. The van der Waals surface area contributed by atoms with Gasteiger partial charge in [-0.1, -0.05) is 19.4 Å². The van der Waals surface area contributed by atoms with Crippen LogP contribution in [0.3, 0.4) is 0 Å². The Kier molecular flexibility index (Phi) is 4.16. The summed E-state index contributed by atoms with van der Waals surface area (Å²) < 4.78 is 5.88. The first kappa shape index (κ1) is 17.1. The summed E-state index contributed by atoms with van der Waals surface area (Å²) >= 11 is 0. The first-order valence-electron chi connectivity index (χ1n) is 10.1. The average Bonchev–Trinajstić information content (AvgIpc) is 2.86. The summed E-state index contributed by atoms with van der Waals surface area (Å²) in [5.41, 5.74) is 4.60. The van der Waals surface area contributed by atoms with Crippen LogP contribution in [0.4, 0.5) is 0 Å². The molecule has 4 aliphatic rings. The zero-order chi connectivity index (χ0) is 17.8. The fourth-order valence-corrected chi connectivity index (χ4v) is 6.46. The topological polar surface area (TPSA) is 43.4 Å². The molecule has 0 spiro atoms. The third kappa shape index (κ3) is 2.62. The van der Waals surface area contributed by atoms with Crippen molar-refractivity contribution >= 4 is 11.8 Å². The van der Waals surface area contributed by atoms with Crippen LogP contribution in [-0.4, -0.2) is 17.9 Å². The first-order chi connectivity index (χ1) is 11.9. The van der Waals surface area contributed by atoms with E-state index in [9.17, 15) is 9.59 Å². The molecule has 0 aliphatic heterocycles. The van der Waals surface area contributed by atoms with Gasteiger partial charge in [0.25, 0.3) is 0 Å². The van der Waals surface area contributed by atoms with Gasteiger partial charge in [-0.15, -0.1) is 0 Å². The highest BCUT2D eigenvalue weighted by atomic mass is 16.5. The summed E-state index contributed by atoms with van der Waals surface area (Å²) in [4.78, 5) is 23.5. The van der Waals surface area contributed by atoms with Gasteiger partial charge in [0.15, 0.2) is 5.78 Å². The third-order valence-corrected chi connectivity index (χ3v) is 7.62. The number of carbonyl (C=O) groups excluding carboxylic acids is 2. The van der Waals surface area contributed by atoms with Crippen molar-refractivity contribution in [3.63, 3.8) is 0 Å². The van der Waals surface area contributed by atoms with E-state index in [1.54, 1.807) is 12.5 Å². The second kappa shape index (κ2) is 6.10. The highest BCUT2D eigenvalue weighted by Crippen LogP contribution is 2.62. The fourth-order valence-electron chi connectivity index (χ4n) is 6.46. The number of carbonyl (C=O) groups is 2. The molecule has 0 saturated heterocycles. The van der Waals surface area contributed by atoms with Gasteiger partial charge in [0, 0.05) is 18.8 Å². The Morgan fingerprint density at radius 2 is 2.08 bits per heavy atom. The molecule has 4 aliphatic carbocycles. The van der Waals surface area contributed by atoms with Crippen LogP contribution < -0.4 is 0 Å². The zero-order valence-corrected chi connectivity index (χ0v) is 15.8. The number of ketones is 1. The Balaban J connectivity index is 1.69. The van der Waals surface area contributed by atoms with Crippen LogP contribution in [-0.2, 0) is 14.3 Å². The van der Waals surface area contributed by atoms with Crippen molar-refractivity contribution in [3.05, 3.63) is 22.8 Å². The molecule has 2 fully saturated rings. The number of hydrogen-bond acceptors (Lipinski definition) is 3. The van der Waals surface area contributed by atoms with Gasteiger partial charge in [-0.3, -0.25) is 9.59 Å². The SMILES string of the molecule is CC[C@H]1C[C@H]2[C@@H]3CCC4=CC(=O)CCC4=C3CC[C@]2(C)[C@H]1OC(C)=O. The van der Waals surface area contributed by atoms with Gasteiger partial charge in [0.1, 0.15) is 6.10 Å². The molecule has 0 bridgehead atoms. The van der Waals surface area contributed by atoms with E-state index >= 15 is 0 Å². The maximum Gasteiger partial charge on any atom is 0.302 e. The molecule has 0 heterocycles. The van der Waals surface area contributed by atoms with E-state index in [-0.39, 0.29) is 17.5 Å². The van der Waals surface area contributed by atoms with Crippen LogP contribution in [0, 0.1) is 23.2 Å². The van der Waals surface area contributed by atoms with Crippen molar-refractivity contribution in [1.82, 2.24) is 0 Å². The Hall–Kier alpha value is -1.38. The highest BCUT2D eigenvalue weighted by Gasteiger charge is 2.58. The van der Waals surface area contributed by atoms with Gasteiger partial charge in [-0.05, 0) is 79.9 Å². The second-order valence-electron chi connectivity index (χ2n) is 8.83. The lowest BCUT2D eigenvalue weighted by Crippen LogP contribution is -2.44. The minimum Gasteiger partial charge on any atom is -0.462 e. The Morgan fingerprint density at radius 1 is 1.28 bits per heavy atom. The first-order valence-corrected chi connectivity index (χ1v) is 10.1. The maximum absolute atomic E-state index is 11.8. The van der Waals surface area contributed by atoms with Crippen molar-refractivity contribution < 1.29 is 14.3 Å². The minimum atomic E-state index is -0.130. The monoisotopic (exact) mass is 342 g/mol. The predicted octanol–water partition coefficient (Wildman–Crippen LogP) is 4.76. The molecule has 5 atom stereocenters. The molecule has 4 rings (SSSR count). The highest BCUT2D eigenvalue weighted by molar-refractivity contribution is 5.93. The lowest BCUT2D eigenvalue weighted by Gasteiger charge is -2.48. The molecular formula is C22H30O3. The molecule has 0 aromatic rings. The van der Waals surface area contributed by atoms with E-state index in [0.717, 1.165) is 32.1 Å². The van der Waals surface area contributed by atoms with Gasteiger partial charge < -0.3 is 4.74 Å². The Morgan fingerprint density at radius 3 is 2.80 bits per heavy atom. The van der Waals surface area contributed by atoms with Crippen molar-refractivity contribution in [2.24, 2.45) is 23.2 Å². The molecule has 0 radical (unpaired) electrons. The molecule has 3 nitrogen and oxygen atoms in total. The number of esters is 1. The quantitative estimate of drug-likeness (QED) is 0.680. The molecular weight excluding hydrogens is 312 g/mol. The molecule has 25 heavy (non-hydrogen) atoms. The fraction of sp³-hybridized carbons (Fsp3) is 0.727. The normalized spacial score (nSPS) is 40.1. The van der Waals surface area contributed by atoms with Crippen LogP contribution in [0.15, 0.2) is 22.8 Å². The molecule has 0 N–H and O–H groups in total. The number of rotatable bonds is 2.